The van der Waals surface area contributed by atoms with E-state index in [1.807, 2.05) is 49.4 Å². The van der Waals surface area contributed by atoms with E-state index in [2.05, 4.69) is 5.32 Å². The number of rotatable bonds is 11. The fraction of sp³-hybridized carbons (Fsp3) is 0.273. The number of benzene rings is 2. The number of fused-ring (bicyclic) bond motifs is 2. The molecular weight excluding hydrogens is 562 g/mol. The maximum atomic E-state index is 13.7. The van der Waals surface area contributed by atoms with Crippen molar-refractivity contribution in [2.75, 3.05) is 35.0 Å². The van der Waals surface area contributed by atoms with Gasteiger partial charge in [0, 0.05) is 19.3 Å². The van der Waals surface area contributed by atoms with E-state index in [9.17, 15) is 9.59 Å². The van der Waals surface area contributed by atoms with Crippen LogP contribution in [-0.2, 0) is 19.4 Å². The molecule has 5 rings (SSSR count). The Morgan fingerprint density at radius 2 is 1.45 bits per heavy atom. The van der Waals surface area contributed by atoms with Gasteiger partial charge in [0.2, 0.25) is 0 Å². The maximum Gasteiger partial charge on any atom is 0.267 e. The zero-order valence-corrected chi connectivity index (χ0v) is 25.4. The number of carbonyl (C=O) groups is 1. The van der Waals surface area contributed by atoms with Gasteiger partial charge >= 0.3 is 0 Å². The largest absolute Gasteiger partial charge is 0.493 e. The fourth-order valence-corrected chi connectivity index (χ4v) is 5.22. The minimum atomic E-state index is -0.453. The van der Waals surface area contributed by atoms with Gasteiger partial charge in [-0.25, -0.2) is 4.98 Å². The maximum absolute atomic E-state index is 13.7. The Bertz CT molecular complexity index is 1980. The van der Waals surface area contributed by atoms with E-state index in [0.29, 0.717) is 60.2 Å². The predicted molar refractivity (Wildman–Crippen MR) is 166 cm³/mol. The van der Waals surface area contributed by atoms with Crippen LogP contribution in [0.5, 0.6) is 23.0 Å². The quantitative estimate of drug-likeness (QED) is 0.222. The number of nitrogens with one attached hydrogen (secondary N) is 2. The molecule has 1 amide bonds. The third-order valence-electron chi connectivity index (χ3n) is 7.60. The van der Waals surface area contributed by atoms with Gasteiger partial charge in [-0.1, -0.05) is 18.2 Å². The Balaban J connectivity index is 1.51. The SMILES string of the molecule is COc1ccc(CCNC(=O)c2cc3c(=O)n4cccc(C)c4nc3n(CCc3ccc(OC)c(OC)c3)c2=N)cc1OC. The summed E-state index contributed by atoms with van der Waals surface area (Å²) in [6.07, 6.45) is 2.67. The van der Waals surface area contributed by atoms with Crippen LogP contribution in [0.15, 0.2) is 65.6 Å². The summed E-state index contributed by atoms with van der Waals surface area (Å²) in [6.45, 7) is 2.49. The van der Waals surface area contributed by atoms with Crippen molar-refractivity contribution in [2.24, 2.45) is 0 Å². The summed E-state index contributed by atoms with van der Waals surface area (Å²) < 4.78 is 24.6. The number of methoxy groups -OCH3 is 4. The molecule has 0 radical (unpaired) electrons. The molecule has 0 saturated carbocycles. The van der Waals surface area contributed by atoms with E-state index in [1.54, 1.807) is 45.3 Å². The van der Waals surface area contributed by atoms with Crippen LogP contribution in [0, 0.1) is 12.3 Å². The molecule has 0 aliphatic rings. The first-order valence-electron chi connectivity index (χ1n) is 14.1. The Hall–Kier alpha value is -5.32. The van der Waals surface area contributed by atoms with E-state index < -0.39 is 5.91 Å². The first-order chi connectivity index (χ1) is 21.3. The third kappa shape index (κ3) is 5.81. The van der Waals surface area contributed by atoms with Gasteiger partial charge in [-0.3, -0.25) is 19.4 Å². The van der Waals surface area contributed by atoms with Crippen molar-refractivity contribution in [3.05, 3.63) is 98.9 Å². The summed E-state index contributed by atoms with van der Waals surface area (Å²) in [7, 11) is 6.29. The summed E-state index contributed by atoms with van der Waals surface area (Å²) in [6, 6.07) is 16.3. The Morgan fingerprint density at radius 3 is 2.07 bits per heavy atom. The monoisotopic (exact) mass is 597 g/mol. The molecule has 0 fully saturated rings. The van der Waals surface area contributed by atoms with Crippen molar-refractivity contribution in [1.29, 1.82) is 5.41 Å². The Labute approximate surface area is 254 Å². The molecule has 11 nitrogen and oxygen atoms in total. The normalized spacial score (nSPS) is 11.0. The predicted octanol–water partition coefficient (Wildman–Crippen LogP) is 3.69. The molecule has 2 N–H and O–H groups in total. The van der Waals surface area contributed by atoms with Gasteiger partial charge in [-0.05, 0) is 72.9 Å². The van der Waals surface area contributed by atoms with Gasteiger partial charge in [0.25, 0.3) is 11.5 Å². The van der Waals surface area contributed by atoms with E-state index in [0.717, 1.165) is 16.7 Å². The highest BCUT2D eigenvalue weighted by molar-refractivity contribution is 5.96. The first-order valence-corrected chi connectivity index (χ1v) is 14.1. The van der Waals surface area contributed by atoms with Crippen molar-refractivity contribution in [2.45, 2.75) is 26.3 Å². The van der Waals surface area contributed by atoms with Crippen LogP contribution in [0.4, 0.5) is 0 Å². The molecule has 3 heterocycles. The van der Waals surface area contributed by atoms with E-state index >= 15 is 0 Å². The minimum Gasteiger partial charge on any atom is -0.493 e. The molecule has 0 bridgehead atoms. The van der Waals surface area contributed by atoms with E-state index in [4.69, 9.17) is 29.3 Å². The summed E-state index contributed by atoms with van der Waals surface area (Å²) in [5, 5.41) is 12.2. The van der Waals surface area contributed by atoms with Gasteiger partial charge in [0.05, 0.1) is 39.4 Å². The summed E-state index contributed by atoms with van der Waals surface area (Å²) >= 11 is 0. The second-order valence-corrected chi connectivity index (χ2v) is 10.2. The molecule has 44 heavy (non-hydrogen) atoms. The van der Waals surface area contributed by atoms with Gasteiger partial charge < -0.3 is 28.8 Å². The van der Waals surface area contributed by atoms with Crippen molar-refractivity contribution < 1.29 is 23.7 Å². The molecule has 0 unspecified atom stereocenters. The molecule has 228 valence electrons. The highest BCUT2D eigenvalue weighted by atomic mass is 16.5. The Kier molecular flexibility index (Phi) is 8.84. The zero-order chi connectivity index (χ0) is 31.4. The Morgan fingerprint density at radius 1 is 0.841 bits per heavy atom. The third-order valence-corrected chi connectivity index (χ3v) is 7.60. The number of aromatic nitrogens is 3. The van der Waals surface area contributed by atoms with Gasteiger partial charge in [0.15, 0.2) is 23.0 Å². The molecule has 0 aliphatic heterocycles. The molecule has 0 atom stereocenters. The number of carbonyl (C=O) groups excluding carboxylic acids is 1. The van der Waals surface area contributed by atoms with Crippen molar-refractivity contribution in [1.82, 2.24) is 19.3 Å². The van der Waals surface area contributed by atoms with Crippen molar-refractivity contribution in [3.8, 4) is 23.0 Å². The highest BCUT2D eigenvalue weighted by Crippen LogP contribution is 2.28. The van der Waals surface area contributed by atoms with Crippen LogP contribution in [-0.4, -0.2) is 54.8 Å². The van der Waals surface area contributed by atoms with Crippen molar-refractivity contribution in [3.63, 3.8) is 0 Å². The van der Waals surface area contributed by atoms with E-state index in [1.165, 1.54) is 10.5 Å². The van der Waals surface area contributed by atoms with Crippen LogP contribution < -0.4 is 35.3 Å². The second-order valence-electron chi connectivity index (χ2n) is 10.2. The molecule has 11 heteroatoms. The average molecular weight is 598 g/mol. The van der Waals surface area contributed by atoms with Crippen LogP contribution in [0.1, 0.15) is 27.0 Å². The highest BCUT2D eigenvalue weighted by Gasteiger charge is 2.18. The summed E-state index contributed by atoms with van der Waals surface area (Å²) in [4.78, 5) is 32.0. The van der Waals surface area contributed by atoms with Gasteiger partial charge in [-0.15, -0.1) is 0 Å². The summed E-state index contributed by atoms with van der Waals surface area (Å²) in [5.74, 6) is 1.97. The van der Waals surface area contributed by atoms with Gasteiger partial charge in [-0.2, -0.15) is 0 Å². The minimum absolute atomic E-state index is 0.0357. The molecule has 0 aliphatic carbocycles. The molecule has 5 aromatic rings. The zero-order valence-electron chi connectivity index (χ0n) is 25.4. The van der Waals surface area contributed by atoms with Crippen LogP contribution >= 0.6 is 0 Å². The smallest absolute Gasteiger partial charge is 0.267 e. The van der Waals surface area contributed by atoms with Crippen molar-refractivity contribution >= 4 is 22.6 Å². The molecule has 2 aromatic carbocycles. The van der Waals surface area contributed by atoms with E-state index in [-0.39, 0.29) is 22.0 Å². The summed E-state index contributed by atoms with van der Waals surface area (Å²) in [5.41, 5.74) is 3.28. The number of amides is 1. The molecule has 0 spiro atoms. The lowest BCUT2D eigenvalue weighted by atomic mass is 10.1. The van der Waals surface area contributed by atoms with Crippen LogP contribution in [0.25, 0.3) is 16.7 Å². The lowest BCUT2D eigenvalue weighted by molar-refractivity contribution is 0.0951. The molecule has 0 saturated heterocycles. The van der Waals surface area contributed by atoms with Gasteiger partial charge in [0.1, 0.15) is 16.8 Å². The number of hydrogen-bond donors (Lipinski definition) is 2. The topological polar surface area (TPSA) is 129 Å². The average Bonchev–Trinajstić information content (AvgIpc) is 3.04. The second kappa shape index (κ2) is 12.9. The number of ether oxygens (including phenoxy) is 4. The lowest BCUT2D eigenvalue weighted by Crippen LogP contribution is -2.36. The number of hydrogen-bond acceptors (Lipinski definition) is 8. The first kappa shape index (κ1) is 30.1. The number of nitrogens with zero attached hydrogens (tertiary/aromatic N) is 3. The van der Waals surface area contributed by atoms with Crippen LogP contribution in [0.3, 0.4) is 0 Å². The fourth-order valence-electron chi connectivity index (χ4n) is 5.22. The standard InChI is InChI=1S/C33H35N5O6/c1-20-7-6-15-38-30(20)36-31-24(33(38)40)19-23(32(39)35-14-12-21-8-10-25(41-2)27(17-21)43-4)29(34)37(31)16-13-22-9-11-26(42-3)28(18-22)44-5/h6-11,15,17-19,34H,12-14,16H2,1-5H3,(H,35,39). The number of pyridine rings is 2. The molecular formula is C33H35N5O6. The number of aryl methyl sites for hydroxylation is 3. The lowest BCUT2D eigenvalue weighted by Gasteiger charge is -2.16. The molecule has 3 aromatic heterocycles. The van der Waals surface area contributed by atoms with Crippen LogP contribution in [0.2, 0.25) is 0 Å².